The molecule has 6 heteroatoms. The van der Waals surface area contributed by atoms with Crippen LogP contribution in [0.1, 0.15) is 24.2 Å². The van der Waals surface area contributed by atoms with Crippen molar-refractivity contribution in [3.63, 3.8) is 0 Å². The van der Waals surface area contributed by atoms with E-state index in [1.165, 1.54) is 0 Å². The van der Waals surface area contributed by atoms with E-state index in [2.05, 4.69) is 5.43 Å². The molecule has 19 heavy (non-hydrogen) atoms. The first-order valence-electron chi connectivity index (χ1n) is 6.03. The molecule has 1 amide bonds. The van der Waals surface area contributed by atoms with Gasteiger partial charge in [0.1, 0.15) is 5.75 Å². The first kappa shape index (κ1) is 15.8. The van der Waals surface area contributed by atoms with Crippen molar-refractivity contribution in [2.24, 2.45) is 11.6 Å². The van der Waals surface area contributed by atoms with E-state index in [9.17, 15) is 4.79 Å². The van der Waals surface area contributed by atoms with Gasteiger partial charge in [0.15, 0.2) is 0 Å². The fourth-order valence-corrected chi connectivity index (χ4v) is 2.24. The molecule has 1 aromatic rings. The van der Waals surface area contributed by atoms with Crippen molar-refractivity contribution in [2.75, 3.05) is 18.1 Å². The number of hydrogen-bond acceptors (Lipinski definition) is 5. The number of nitrogen functional groups attached to an aromatic ring is 1. The Morgan fingerprint density at radius 1 is 1.47 bits per heavy atom. The molecule has 106 valence electrons. The van der Waals surface area contributed by atoms with E-state index in [-0.39, 0.29) is 11.4 Å². The van der Waals surface area contributed by atoms with Gasteiger partial charge in [-0.1, -0.05) is 6.07 Å². The highest BCUT2D eigenvalue weighted by atomic mass is 32.2. The van der Waals surface area contributed by atoms with Gasteiger partial charge in [-0.25, -0.2) is 5.84 Å². The molecule has 0 aliphatic carbocycles. The number of thioether (sulfide) groups is 1. The summed E-state index contributed by atoms with van der Waals surface area (Å²) in [5.74, 6) is 7.15. The van der Waals surface area contributed by atoms with Crippen LogP contribution in [0.2, 0.25) is 0 Å². The SMILES string of the molecule is CC(C)(N)CSCCOc1cccc(C(=O)NN)c1. The van der Waals surface area contributed by atoms with Crippen LogP contribution in [-0.2, 0) is 0 Å². The number of nitrogens with one attached hydrogen (secondary N) is 1. The van der Waals surface area contributed by atoms with E-state index in [0.29, 0.717) is 17.9 Å². The van der Waals surface area contributed by atoms with Gasteiger partial charge in [0, 0.05) is 22.6 Å². The number of carbonyl (C=O) groups is 1. The molecular weight excluding hydrogens is 262 g/mol. The fourth-order valence-electron chi connectivity index (χ4n) is 1.36. The summed E-state index contributed by atoms with van der Waals surface area (Å²) in [6.07, 6.45) is 0. The van der Waals surface area contributed by atoms with Gasteiger partial charge in [0.25, 0.3) is 5.91 Å². The summed E-state index contributed by atoms with van der Waals surface area (Å²) in [7, 11) is 0. The predicted molar refractivity (Wildman–Crippen MR) is 79.2 cm³/mol. The second kappa shape index (κ2) is 7.37. The van der Waals surface area contributed by atoms with Gasteiger partial charge < -0.3 is 10.5 Å². The van der Waals surface area contributed by atoms with Crippen LogP contribution in [0.3, 0.4) is 0 Å². The molecule has 0 aromatic heterocycles. The predicted octanol–water partition coefficient (Wildman–Crippen LogP) is 1.14. The van der Waals surface area contributed by atoms with Gasteiger partial charge in [-0.05, 0) is 32.0 Å². The molecule has 1 rings (SSSR count). The molecule has 0 aliphatic rings. The zero-order chi connectivity index (χ0) is 14.3. The highest BCUT2D eigenvalue weighted by molar-refractivity contribution is 7.99. The van der Waals surface area contributed by atoms with Crippen LogP contribution in [0.25, 0.3) is 0 Å². The Kier molecular flexibility index (Phi) is 6.14. The minimum absolute atomic E-state index is 0.163. The molecule has 1 aromatic carbocycles. The lowest BCUT2D eigenvalue weighted by atomic mass is 10.1. The van der Waals surface area contributed by atoms with Crippen LogP contribution < -0.4 is 21.7 Å². The van der Waals surface area contributed by atoms with Gasteiger partial charge >= 0.3 is 0 Å². The lowest BCUT2D eigenvalue weighted by Crippen LogP contribution is -2.34. The highest BCUT2D eigenvalue weighted by Crippen LogP contribution is 2.14. The lowest BCUT2D eigenvalue weighted by Gasteiger charge is -2.17. The monoisotopic (exact) mass is 283 g/mol. The van der Waals surface area contributed by atoms with Crippen LogP contribution in [-0.4, -0.2) is 29.6 Å². The van der Waals surface area contributed by atoms with Gasteiger partial charge in [-0.3, -0.25) is 10.2 Å². The number of hydrazine groups is 1. The first-order chi connectivity index (χ1) is 8.92. The maximum absolute atomic E-state index is 11.3. The van der Waals surface area contributed by atoms with Gasteiger partial charge in [-0.2, -0.15) is 11.8 Å². The molecule has 0 atom stereocenters. The number of nitrogens with two attached hydrogens (primary N) is 2. The lowest BCUT2D eigenvalue weighted by molar-refractivity contribution is 0.0953. The Morgan fingerprint density at radius 2 is 2.21 bits per heavy atom. The third-order valence-electron chi connectivity index (χ3n) is 2.20. The van der Waals surface area contributed by atoms with Crippen molar-refractivity contribution in [3.8, 4) is 5.75 Å². The zero-order valence-electron chi connectivity index (χ0n) is 11.3. The molecule has 0 aliphatic heterocycles. The minimum Gasteiger partial charge on any atom is -0.493 e. The van der Waals surface area contributed by atoms with Crippen molar-refractivity contribution in [2.45, 2.75) is 19.4 Å². The van der Waals surface area contributed by atoms with Crippen LogP contribution in [0.4, 0.5) is 0 Å². The van der Waals surface area contributed by atoms with E-state index in [4.69, 9.17) is 16.3 Å². The third-order valence-corrected chi connectivity index (χ3v) is 3.60. The van der Waals surface area contributed by atoms with Crippen molar-refractivity contribution in [1.82, 2.24) is 5.43 Å². The molecule has 0 saturated heterocycles. The Labute approximate surface area is 118 Å². The first-order valence-corrected chi connectivity index (χ1v) is 7.18. The fraction of sp³-hybridized carbons (Fsp3) is 0.462. The smallest absolute Gasteiger partial charge is 0.265 e. The molecule has 0 fully saturated rings. The van der Waals surface area contributed by atoms with E-state index in [0.717, 1.165) is 11.5 Å². The summed E-state index contributed by atoms with van der Waals surface area (Å²) in [6.45, 7) is 4.57. The van der Waals surface area contributed by atoms with Crippen LogP contribution >= 0.6 is 11.8 Å². The normalized spacial score (nSPS) is 11.2. The molecule has 0 radical (unpaired) electrons. The maximum Gasteiger partial charge on any atom is 0.265 e. The minimum atomic E-state index is -0.329. The summed E-state index contributed by atoms with van der Waals surface area (Å²) < 4.78 is 5.57. The van der Waals surface area contributed by atoms with Crippen molar-refractivity contribution < 1.29 is 9.53 Å². The summed E-state index contributed by atoms with van der Waals surface area (Å²) in [5.41, 5.74) is 8.29. The maximum atomic E-state index is 11.3. The molecule has 5 nitrogen and oxygen atoms in total. The standard InChI is InChI=1S/C13H21N3O2S/c1-13(2,14)9-19-7-6-18-11-5-3-4-10(8-11)12(17)16-15/h3-5,8H,6-7,9,14-15H2,1-2H3,(H,16,17). The molecule has 0 bridgehead atoms. The average molecular weight is 283 g/mol. The molecule has 0 spiro atoms. The second-order valence-electron chi connectivity index (χ2n) is 4.89. The quantitative estimate of drug-likeness (QED) is 0.302. The summed E-state index contributed by atoms with van der Waals surface area (Å²) in [4.78, 5) is 11.3. The number of rotatable bonds is 7. The third kappa shape index (κ3) is 6.47. The van der Waals surface area contributed by atoms with Gasteiger partial charge in [-0.15, -0.1) is 0 Å². The molecule has 0 saturated carbocycles. The number of amides is 1. The van der Waals surface area contributed by atoms with Crippen molar-refractivity contribution in [1.29, 1.82) is 0 Å². The molecule has 0 heterocycles. The summed E-state index contributed by atoms with van der Waals surface area (Å²) >= 11 is 1.75. The average Bonchev–Trinajstić information content (AvgIpc) is 2.36. The Hall–Kier alpha value is -1.24. The van der Waals surface area contributed by atoms with Crippen LogP contribution in [0, 0.1) is 0 Å². The summed E-state index contributed by atoms with van der Waals surface area (Å²) in [5, 5.41) is 0. The topological polar surface area (TPSA) is 90.4 Å². The van der Waals surface area contributed by atoms with E-state index < -0.39 is 0 Å². The van der Waals surface area contributed by atoms with E-state index >= 15 is 0 Å². The Morgan fingerprint density at radius 3 is 2.84 bits per heavy atom. The molecule has 0 unspecified atom stereocenters. The van der Waals surface area contributed by atoms with Crippen molar-refractivity contribution >= 4 is 17.7 Å². The largest absolute Gasteiger partial charge is 0.493 e. The summed E-state index contributed by atoms with van der Waals surface area (Å²) in [6, 6.07) is 6.92. The number of ether oxygens (including phenoxy) is 1. The van der Waals surface area contributed by atoms with E-state index in [1.807, 2.05) is 19.9 Å². The Balaban J connectivity index is 2.35. The second-order valence-corrected chi connectivity index (χ2v) is 6.00. The van der Waals surface area contributed by atoms with Gasteiger partial charge in [0.05, 0.1) is 6.61 Å². The van der Waals surface area contributed by atoms with E-state index in [1.54, 1.807) is 30.0 Å². The van der Waals surface area contributed by atoms with Crippen LogP contribution in [0.5, 0.6) is 5.75 Å². The van der Waals surface area contributed by atoms with Crippen molar-refractivity contribution in [3.05, 3.63) is 29.8 Å². The van der Waals surface area contributed by atoms with Crippen LogP contribution in [0.15, 0.2) is 24.3 Å². The number of carbonyl (C=O) groups excluding carboxylic acids is 1. The molecular formula is C13H21N3O2S. The number of benzene rings is 1. The molecule has 5 N–H and O–H groups in total. The Bertz CT molecular complexity index is 419. The highest BCUT2D eigenvalue weighted by Gasteiger charge is 2.10. The zero-order valence-corrected chi connectivity index (χ0v) is 12.1. The van der Waals surface area contributed by atoms with Gasteiger partial charge in [0.2, 0.25) is 0 Å². The number of hydrogen-bond donors (Lipinski definition) is 3.